The first-order chi connectivity index (χ1) is 33.6. The lowest BCUT2D eigenvalue weighted by atomic mass is 10.1. The van der Waals surface area contributed by atoms with Gasteiger partial charge in [-0.3, -0.25) is 9.59 Å². The lowest BCUT2D eigenvalue weighted by Gasteiger charge is -2.18. The zero-order chi connectivity index (χ0) is 49.2. The van der Waals surface area contributed by atoms with Crippen molar-refractivity contribution in [3.8, 4) is 0 Å². The minimum Gasteiger partial charge on any atom is -0.462 e. The molecule has 392 valence electrons. The van der Waals surface area contributed by atoms with Crippen molar-refractivity contribution in [3.63, 3.8) is 0 Å². The highest BCUT2D eigenvalue weighted by Gasteiger charge is 2.17. The Labute approximate surface area is 422 Å². The molecule has 0 aromatic rings. The Morgan fingerprint density at radius 3 is 1.04 bits per heavy atom. The van der Waals surface area contributed by atoms with Crippen LogP contribution in [-0.4, -0.2) is 37.9 Å². The fourth-order valence-corrected chi connectivity index (χ4v) is 8.00. The number of hydrogen-bond acceptors (Lipinski definition) is 5. The molecule has 0 N–H and O–H groups in total. The number of unbranched alkanes of at least 4 members (excludes halogenated alkanes) is 28. The minimum atomic E-state index is -0.555. The highest BCUT2D eigenvalue weighted by atomic mass is 16.6. The quantitative estimate of drug-likeness (QED) is 0.0345. The van der Waals surface area contributed by atoms with Crippen molar-refractivity contribution in [2.45, 2.75) is 284 Å². The largest absolute Gasteiger partial charge is 0.462 e. The number of rotatable bonds is 53. The fourth-order valence-electron chi connectivity index (χ4n) is 8.00. The Morgan fingerprint density at radius 1 is 0.324 bits per heavy atom. The van der Waals surface area contributed by atoms with Gasteiger partial charge >= 0.3 is 11.9 Å². The summed E-state index contributed by atoms with van der Waals surface area (Å²) in [5.41, 5.74) is 0. The van der Waals surface area contributed by atoms with E-state index in [1.54, 1.807) is 0 Å². The molecule has 0 aromatic carbocycles. The molecule has 0 heterocycles. The average molecular weight is 948 g/mol. The summed E-state index contributed by atoms with van der Waals surface area (Å²) in [5, 5.41) is 0. The molecule has 0 radical (unpaired) electrons. The number of esters is 2. The van der Waals surface area contributed by atoms with Crippen molar-refractivity contribution in [2.75, 3.05) is 19.8 Å². The topological polar surface area (TPSA) is 61.8 Å². The average Bonchev–Trinajstić information content (AvgIpc) is 3.34. The number of carbonyl (C=O) groups excluding carboxylic acids is 2. The first-order valence-electron chi connectivity index (χ1n) is 29.1. The molecule has 0 spiro atoms. The molecule has 0 amide bonds. The van der Waals surface area contributed by atoms with E-state index in [4.69, 9.17) is 14.2 Å². The zero-order valence-corrected chi connectivity index (χ0v) is 45.1. The summed E-state index contributed by atoms with van der Waals surface area (Å²) < 4.78 is 17.5. The number of ether oxygens (including phenoxy) is 3. The third-order valence-corrected chi connectivity index (χ3v) is 12.4. The van der Waals surface area contributed by atoms with Gasteiger partial charge in [0, 0.05) is 19.4 Å². The van der Waals surface area contributed by atoms with Gasteiger partial charge < -0.3 is 14.2 Å². The van der Waals surface area contributed by atoms with Crippen LogP contribution < -0.4 is 0 Å². The summed E-state index contributed by atoms with van der Waals surface area (Å²) in [6.45, 7) is 7.70. The van der Waals surface area contributed by atoms with E-state index in [0.717, 1.165) is 96.3 Å². The van der Waals surface area contributed by atoms with Crippen molar-refractivity contribution in [2.24, 2.45) is 0 Å². The highest BCUT2D eigenvalue weighted by molar-refractivity contribution is 5.70. The second kappa shape index (κ2) is 58.4. The molecule has 0 saturated carbocycles. The molecule has 0 aliphatic carbocycles. The Hall–Kier alpha value is -2.92. The smallest absolute Gasteiger partial charge is 0.306 e. The third-order valence-electron chi connectivity index (χ3n) is 12.4. The molecule has 0 aromatic heterocycles. The van der Waals surface area contributed by atoms with Crippen molar-refractivity contribution in [3.05, 3.63) is 85.1 Å². The maximum Gasteiger partial charge on any atom is 0.306 e. The summed E-state index contributed by atoms with van der Waals surface area (Å²) in [5.74, 6) is -0.425. The number of allylic oxidation sites excluding steroid dienone is 14. The summed E-state index contributed by atoms with van der Waals surface area (Å²) in [6, 6.07) is 0. The van der Waals surface area contributed by atoms with Crippen molar-refractivity contribution in [1.29, 1.82) is 0 Å². The lowest BCUT2D eigenvalue weighted by Crippen LogP contribution is -2.30. The number of hydrogen-bond donors (Lipinski definition) is 0. The van der Waals surface area contributed by atoms with E-state index in [9.17, 15) is 9.59 Å². The first kappa shape index (κ1) is 65.1. The van der Waals surface area contributed by atoms with Gasteiger partial charge in [-0.05, 0) is 116 Å². The van der Waals surface area contributed by atoms with E-state index in [1.807, 2.05) is 0 Å². The zero-order valence-electron chi connectivity index (χ0n) is 45.1. The van der Waals surface area contributed by atoms with Gasteiger partial charge in [-0.2, -0.15) is 0 Å². The van der Waals surface area contributed by atoms with Crippen LogP contribution in [0.2, 0.25) is 0 Å². The molecule has 0 saturated heterocycles. The van der Waals surface area contributed by atoms with E-state index in [1.165, 1.54) is 148 Å². The predicted octanol–water partition coefficient (Wildman–Crippen LogP) is 20.0. The summed E-state index contributed by atoms with van der Waals surface area (Å²) in [6.07, 6.45) is 77.4. The van der Waals surface area contributed by atoms with Crippen LogP contribution in [0.1, 0.15) is 278 Å². The monoisotopic (exact) mass is 947 g/mol. The van der Waals surface area contributed by atoms with E-state index in [2.05, 4.69) is 106 Å². The van der Waals surface area contributed by atoms with Gasteiger partial charge in [0.1, 0.15) is 6.61 Å². The van der Waals surface area contributed by atoms with E-state index in [-0.39, 0.29) is 25.2 Å². The maximum atomic E-state index is 12.8. The predicted molar refractivity (Wildman–Crippen MR) is 297 cm³/mol. The van der Waals surface area contributed by atoms with E-state index in [0.29, 0.717) is 19.4 Å². The molecule has 0 bridgehead atoms. The SMILES string of the molecule is CCC/C=C\C/C=C\CCCCCCCC(=O)OC(COCCCCCCCCCCCC/C=C\C/C=C\CCCCC)COC(=O)CCCCCCCC/C=C\C/C=C\C/C=C\CCCCC. The molecular weight excluding hydrogens is 837 g/mol. The summed E-state index contributed by atoms with van der Waals surface area (Å²) in [7, 11) is 0. The van der Waals surface area contributed by atoms with Crippen LogP contribution in [0.5, 0.6) is 0 Å². The molecule has 0 aliphatic heterocycles. The summed E-state index contributed by atoms with van der Waals surface area (Å²) in [4.78, 5) is 25.5. The maximum absolute atomic E-state index is 12.8. The summed E-state index contributed by atoms with van der Waals surface area (Å²) >= 11 is 0. The second-order valence-electron chi connectivity index (χ2n) is 19.2. The van der Waals surface area contributed by atoms with Gasteiger partial charge in [-0.15, -0.1) is 0 Å². The Bertz CT molecular complexity index is 1250. The van der Waals surface area contributed by atoms with Crippen LogP contribution in [0.4, 0.5) is 0 Å². The van der Waals surface area contributed by atoms with Crippen molar-refractivity contribution in [1.82, 2.24) is 0 Å². The van der Waals surface area contributed by atoms with Crippen LogP contribution in [0.25, 0.3) is 0 Å². The fraction of sp³-hybridized carbons (Fsp3) is 0.746. The van der Waals surface area contributed by atoms with Gasteiger partial charge in [0.2, 0.25) is 0 Å². The molecule has 0 aliphatic rings. The van der Waals surface area contributed by atoms with Crippen molar-refractivity contribution >= 4 is 11.9 Å². The van der Waals surface area contributed by atoms with Crippen molar-refractivity contribution < 1.29 is 23.8 Å². The highest BCUT2D eigenvalue weighted by Crippen LogP contribution is 2.14. The molecule has 0 rings (SSSR count). The van der Waals surface area contributed by atoms with Gasteiger partial charge in [0.15, 0.2) is 6.10 Å². The molecule has 0 fully saturated rings. The van der Waals surface area contributed by atoms with Crippen LogP contribution >= 0.6 is 0 Å². The Balaban J connectivity index is 4.28. The van der Waals surface area contributed by atoms with Crippen LogP contribution in [0.15, 0.2) is 85.1 Å². The standard InChI is InChI=1S/C63H110O5/c1-4-7-10-13-16-19-22-25-27-29-31-33-35-37-40-43-46-49-52-55-58-66-59-61(68-63(65)57-54-51-48-45-42-38-24-21-18-15-12-9-6-3)60-67-62(64)56-53-50-47-44-41-39-36-34-32-30-28-26-23-20-17-14-11-8-5-2/h12,15-17,19-21,24-28,32,34,61H,4-11,13-14,18,22-23,29-31,33,35-60H2,1-3H3/b15-12-,19-16-,20-17-,24-21-,27-25-,28-26-,34-32-. The molecule has 5 heteroatoms. The van der Waals surface area contributed by atoms with Gasteiger partial charge in [-0.25, -0.2) is 0 Å². The van der Waals surface area contributed by atoms with Crippen LogP contribution in [0.3, 0.4) is 0 Å². The van der Waals surface area contributed by atoms with E-state index >= 15 is 0 Å². The molecular formula is C63H110O5. The van der Waals surface area contributed by atoms with Gasteiger partial charge in [0.25, 0.3) is 0 Å². The molecule has 1 unspecified atom stereocenters. The molecule has 68 heavy (non-hydrogen) atoms. The van der Waals surface area contributed by atoms with E-state index < -0.39 is 6.10 Å². The lowest BCUT2D eigenvalue weighted by molar-refractivity contribution is -0.163. The molecule has 5 nitrogen and oxygen atoms in total. The van der Waals surface area contributed by atoms with Crippen LogP contribution in [0, 0.1) is 0 Å². The third kappa shape index (κ3) is 55.7. The Morgan fingerprint density at radius 2 is 0.647 bits per heavy atom. The van der Waals surface area contributed by atoms with Gasteiger partial charge in [-0.1, -0.05) is 234 Å². The van der Waals surface area contributed by atoms with Crippen LogP contribution in [-0.2, 0) is 23.8 Å². The second-order valence-corrected chi connectivity index (χ2v) is 19.2. The minimum absolute atomic E-state index is 0.0690. The Kier molecular flexibility index (Phi) is 55.9. The number of carbonyl (C=O) groups is 2. The normalized spacial score (nSPS) is 12.8. The van der Waals surface area contributed by atoms with Gasteiger partial charge in [0.05, 0.1) is 6.61 Å². The molecule has 1 atom stereocenters. The first-order valence-corrected chi connectivity index (χ1v) is 29.1.